The molecule has 0 fully saturated rings. The molecule has 0 aromatic heterocycles. The van der Waals surface area contributed by atoms with Gasteiger partial charge in [0.15, 0.2) is 11.5 Å². The van der Waals surface area contributed by atoms with Crippen LogP contribution in [0.3, 0.4) is 0 Å². The Morgan fingerprint density at radius 3 is 1.11 bits per heavy atom. The van der Waals surface area contributed by atoms with Crippen LogP contribution in [-0.2, 0) is 10.8 Å². The monoisotopic (exact) mass is 837 g/mol. The summed E-state index contributed by atoms with van der Waals surface area (Å²) in [5.74, 6) is 1.57. The van der Waals surface area contributed by atoms with Crippen molar-refractivity contribution in [2.24, 2.45) is 0 Å². The molecular weight excluding hydrogens is 789 g/mol. The van der Waals surface area contributed by atoms with Gasteiger partial charge in [0.05, 0.1) is 11.4 Å². The predicted molar refractivity (Wildman–Crippen MR) is 272 cm³/mol. The molecular formula is C60H48BN3O. The molecule has 65 heavy (non-hydrogen) atoms. The molecule has 9 aromatic carbocycles. The second-order valence-corrected chi connectivity index (χ2v) is 18.6. The normalized spacial score (nSPS) is 14.5. The van der Waals surface area contributed by atoms with Crippen LogP contribution in [0.5, 0.6) is 11.5 Å². The lowest BCUT2D eigenvalue weighted by atomic mass is 9.27. The van der Waals surface area contributed by atoms with Crippen molar-refractivity contribution in [1.82, 2.24) is 0 Å². The predicted octanol–water partition coefficient (Wildman–Crippen LogP) is 14.0. The summed E-state index contributed by atoms with van der Waals surface area (Å²) in [5.41, 5.74) is 18.7. The maximum atomic E-state index is 7.23. The maximum Gasteiger partial charge on any atom is 0.242 e. The first-order valence-corrected chi connectivity index (χ1v) is 22.7. The highest BCUT2D eigenvalue weighted by Gasteiger charge is 2.48. The van der Waals surface area contributed by atoms with Gasteiger partial charge in [0, 0.05) is 62.8 Å². The molecule has 0 bridgehead atoms. The molecule has 0 radical (unpaired) electrons. The van der Waals surface area contributed by atoms with Gasteiger partial charge in [-0.3, -0.25) is 0 Å². The highest BCUT2D eigenvalue weighted by atomic mass is 16.5. The summed E-state index contributed by atoms with van der Waals surface area (Å²) < 4.78 is 7.23. The Morgan fingerprint density at radius 2 is 0.723 bits per heavy atom. The summed E-state index contributed by atoms with van der Waals surface area (Å²) in [6.07, 6.45) is 0. The van der Waals surface area contributed by atoms with E-state index in [2.05, 4.69) is 261 Å². The molecule has 0 saturated carbocycles. The molecule has 9 aromatic rings. The fraction of sp³-hybridized carbons (Fsp3) is 0.100. The van der Waals surface area contributed by atoms with Gasteiger partial charge >= 0.3 is 0 Å². The second-order valence-electron chi connectivity index (χ2n) is 18.6. The molecule has 3 heterocycles. The number of para-hydroxylation sites is 4. The van der Waals surface area contributed by atoms with E-state index >= 15 is 0 Å². The summed E-state index contributed by atoms with van der Waals surface area (Å²) in [4.78, 5) is 7.05. The number of fused-ring (bicyclic) bond motifs is 6. The fourth-order valence-electron chi connectivity index (χ4n) is 11.1. The number of hydrogen-bond donors (Lipinski definition) is 0. The Labute approximate surface area is 382 Å². The molecule has 312 valence electrons. The quantitative estimate of drug-likeness (QED) is 0.149. The zero-order chi connectivity index (χ0) is 43.9. The molecule has 0 aliphatic carbocycles. The number of hydrogen-bond acceptors (Lipinski definition) is 4. The molecule has 0 unspecified atom stereocenters. The van der Waals surface area contributed by atoms with Crippen LogP contribution in [0.15, 0.2) is 218 Å². The van der Waals surface area contributed by atoms with Gasteiger partial charge in [0.25, 0.3) is 0 Å². The molecule has 0 spiro atoms. The molecule has 5 heteroatoms. The molecule has 3 aliphatic rings. The van der Waals surface area contributed by atoms with Gasteiger partial charge < -0.3 is 19.4 Å². The summed E-state index contributed by atoms with van der Waals surface area (Å²) in [5, 5.41) is 0. The zero-order valence-electron chi connectivity index (χ0n) is 37.1. The number of rotatable bonds is 7. The first-order valence-electron chi connectivity index (χ1n) is 22.7. The SMILES string of the molecule is CC1(C)c2ccccc2B2c3ccccc3C(C)(C)c3cc(N4c5ccc(N(c6ccccc6)c6ccccc6)cc5Oc5cc(N(c6ccccc6)c6ccccc6)ccc54)cc1c32. The lowest BCUT2D eigenvalue weighted by Crippen LogP contribution is -2.66. The van der Waals surface area contributed by atoms with Gasteiger partial charge in [0.1, 0.15) is 0 Å². The number of ether oxygens (including phenoxy) is 1. The topological polar surface area (TPSA) is 19.0 Å². The van der Waals surface area contributed by atoms with Gasteiger partial charge in [-0.05, 0) is 107 Å². The van der Waals surface area contributed by atoms with E-state index in [0.717, 1.165) is 62.7 Å². The van der Waals surface area contributed by atoms with Crippen molar-refractivity contribution in [3.63, 3.8) is 0 Å². The third-order valence-electron chi connectivity index (χ3n) is 14.1. The van der Waals surface area contributed by atoms with Crippen LogP contribution in [0.1, 0.15) is 49.9 Å². The lowest BCUT2D eigenvalue weighted by Gasteiger charge is -2.47. The Hall–Kier alpha value is -7.76. The summed E-state index contributed by atoms with van der Waals surface area (Å²) in [6.45, 7) is 9.81. The van der Waals surface area contributed by atoms with Crippen molar-refractivity contribution in [2.75, 3.05) is 14.7 Å². The summed E-state index contributed by atoms with van der Waals surface area (Å²) in [7, 11) is 0. The van der Waals surface area contributed by atoms with Crippen molar-refractivity contribution < 1.29 is 4.74 Å². The van der Waals surface area contributed by atoms with Crippen LogP contribution in [-0.4, -0.2) is 6.71 Å². The van der Waals surface area contributed by atoms with E-state index in [0.29, 0.717) is 0 Å². The molecule has 12 rings (SSSR count). The molecule has 4 nitrogen and oxygen atoms in total. The average molecular weight is 838 g/mol. The minimum Gasteiger partial charge on any atom is -0.453 e. The van der Waals surface area contributed by atoms with Gasteiger partial charge in [-0.2, -0.15) is 0 Å². The highest BCUT2D eigenvalue weighted by Crippen LogP contribution is 2.55. The minimum absolute atomic E-state index is 0.154. The van der Waals surface area contributed by atoms with Crippen molar-refractivity contribution in [3.8, 4) is 11.5 Å². The summed E-state index contributed by atoms with van der Waals surface area (Å²) in [6, 6.07) is 79.0. The molecule has 0 N–H and O–H groups in total. The van der Waals surface area contributed by atoms with Gasteiger partial charge in [-0.1, -0.05) is 165 Å². The van der Waals surface area contributed by atoms with Gasteiger partial charge in [-0.25, -0.2) is 0 Å². The Balaban J connectivity index is 1.10. The van der Waals surface area contributed by atoms with E-state index in [1.807, 2.05) is 0 Å². The van der Waals surface area contributed by atoms with Gasteiger partial charge in [0.2, 0.25) is 6.71 Å². The van der Waals surface area contributed by atoms with E-state index in [1.54, 1.807) is 0 Å². The smallest absolute Gasteiger partial charge is 0.242 e. The highest BCUT2D eigenvalue weighted by molar-refractivity contribution is 6.97. The Kier molecular flexibility index (Phi) is 8.93. The van der Waals surface area contributed by atoms with Gasteiger partial charge in [-0.15, -0.1) is 0 Å². The average Bonchev–Trinajstić information content (AvgIpc) is 3.34. The fourth-order valence-corrected chi connectivity index (χ4v) is 11.1. The zero-order valence-corrected chi connectivity index (χ0v) is 37.1. The van der Waals surface area contributed by atoms with E-state index < -0.39 is 0 Å². The molecule has 0 atom stereocenters. The van der Waals surface area contributed by atoms with Crippen molar-refractivity contribution in [2.45, 2.75) is 38.5 Å². The molecule has 0 saturated heterocycles. The van der Waals surface area contributed by atoms with Crippen molar-refractivity contribution in [3.05, 3.63) is 241 Å². The van der Waals surface area contributed by atoms with E-state index in [4.69, 9.17) is 4.74 Å². The van der Waals surface area contributed by atoms with E-state index in [1.165, 1.54) is 38.6 Å². The Morgan fingerprint density at radius 1 is 0.369 bits per heavy atom. The van der Waals surface area contributed by atoms with Crippen LogP contribution >= 0.6 is 0 Å². The molecule has 3 aliphatic heterocycles. The largest absolute Gasteiger partial charge is 0.453 e. The third kappa shape index (κ3) is 6.14. The number of anilines is 9. The first kappa shape index (κ1) is 38.9. The summed E-state index contributed by atoms with van der Waals surface area (Å²) >= 11 is 0. The van der Waals surface area contributed by atoms with E-state index in [9.17, 15) is 0 Å². The maximum absolute atomic E-state index is 7.23. The second kappa shape index (κ2) is 14.9. The number of benzene rings is 9. The molecule has 0 amide bonds. The standard InChI is InChI=1S/C60H48BN3O/c1-59(2)48-29-17-19-31-52(48)61-53-32-20-18-30-49(53)60(3,4)51-38-47(37-50(59)58(51)61)64-54-35-33-45(62(41-21-9-5-10-22-41)42-23-11-6-12-24-42)39-56(54)65-57-40-46(34-36-55(57)64)63(43-25-13-7-14-26-43)44-27-15-8-16-28-44/h5-40H,1-4H3. The third-order valence-corrected chi connectivity index (χ3v) is 14.1. The van der Waals surface area contributed by atoms with Crippen LogP contribution in [0.4, 0.5) is 51.2 Å². The van der Waals surface area contributed by atoms with Crippen LogP contribution in [0.25, 0.3) is 0 Å². The van der Waals surface area contributed by atoms with Crippen molar-refractivity contribution >= 4 is 74.3 Å². The van der Waals surface area contributed by atoms with Crippen LogP contribution in [0, 0.1) is 0 Å². The first-order chi connectivity index (χ1) is 31.8. The Bertz CT molecular complexity index is 2970. The van der Waals surface area contributed by atoms with Crippen LogP contribution < -0.4 is 35.8 Å². The lowest BCUT2D eigenvalue weighted by molar-refractivity contribution is 0.477. The number of nitrogens with zero attached hydrogens (tertiary/aromatic N) is 3. The van der Waals surface area contributed by atoms with E-state index in [-0.39, 0.29) is 17.5 Å². The van der Waals surface area contributed by atoms with Crippen molar-refractivity contribution in [1.29, 1.82) is 0 Å². The van der Waals surface area contributed by atoms with Crippen LogP contribution in [0.2, 0.25) is 0 Å². The minimum atomic E-state index is -0.251.